The molecule has 0 saturated carbocycles. The summed E-state index contributed by atoms with van der Waals surface area (Å²) in [5.74, 6) is 0.478. The Morgan fingerprint density at radius 3 is 2.59 bits per heavy atom. The van der Waals surface area contributed by atoms with E-state index in [-0.39, 0.29) is 17.9 Å². The summed E-state index contributed by atoms with van der Waals surface area (Å²) in [6.07, 6.45) is 0.859. The van der Waals surface area contributed by atoms with Gasteiger partial charge in [-0.3, -0.25) is 9.59 Å². The van der Waals surface area contributed by atoms with Crippen LogP contribution in [0.5, 0.6) is 0 Å². The fourth-order valence-corrected chi connectivity index (χ4v) is 5.84. The van der Waals surface area contributed by atoms with Crippen molar-refractivity contribution < 1.29 is 9.59 Å². The molecule has 1 saturated heterocycles. The minimum absolute atomic E-state index is 0.0205. The van der Waals surface area contributed by atoms with Gasteiger partial charge in [0.2, 0.25) is 11.8 Å². The summed E-state index contributed by atoms with van der Waals surface area (Å²) >= 11 is 0. The summed E-state index contributed by atoms with van der Waals surface area (Å²) in [7, 11) is 0. The normalized spacial score (nSPS) is 19.8. The SMILES string of the molecule is CC(C)CN1C[C@@H]2c3[nH]c4ccccc4c3CC(C1=O)N2C(=O)Cc1ccc2ccccc2c1. The van der Waals surface area contributed by atoms with E-state index < -0.39 is 6.04 Å². The van der Waals surface area contributed by atoms with Crippen molar-refractivity contribution in [3.63, 3.8) is 0 Å². The molecule has 0 aliphatic carbocycles. The van der Waals surface area contributed by atoms with E-state index in [1.807, 2.05) is 40.1 Å². The molecule has 6 rings (SSSR count). The number of benzene rings is 3. The fraction of sp³-hybridized carbons (Fsp3) is 0.310. The average Bonchev–Trinajstić information content (AvgIpc) is 3.20. The number of fused-ring (bicyclic) bond motifs is 7. The lowest BCUT2D eigenvalue weighted by molar-refractivity contribution is -0.157. The van der Waals surface area contributed by atoms with Crippen LogP contribution in [0, 0.1) is 5.92 Å². The monoisotopic (exact) mass is 451 g/mol. The van der Waals surface area contributed by atoms with Crippen molar-refractivity contribution in [3.8, 4) is 0 Å². The van der Waals surface area contributed by atoms with Crippen LogP contribution in [0.3, 0.4) is 0 Å². The van der Waals surface area contributed by atoms with Crippen LogP contribution in [0.25, 0.3) is 21.7 Å². The Hall–Kier alpha value is -3.60. The zero-order valence-corrected chi connectivity index (χ0v) is 19.6. The van der Waals surface area contributed by atoms with Crippen molar-refractivity contribution in [2.24, 2.45) is 5.92 Å². The third-order valence-corrected chi connectivity index (χ3v) is 7.28. The van der Waals surface area contributed by atoms with Crippen molar-refractivity contribution in [2.45, 2.75) is 38.8 Å². The second-order valence-electron chi connectivity index (χ2n) is 10.1. The summed E-state index contributed by atoms with van der Waals surface area (Å²) in [5, 5.41) is 3.46. The second kappa shape index (κ2) is 8.01. The van der Waals surface area contributed by atoms with Crippen molar-refractivity contribution in [1.82, 2.24) is 14.8 Å². The summed E-state index contributed by atoms with van der Waals surface area (Å²) in [5.41, 5.74) is 4.34. The summed E-state index contributed by atoms with van der Waals surface area (Å²) < 4.78 is 0. The Morgan fingerprint density at radius 1 is 1.00 bits per heavy atom. The minimum atomic E-state index is -0.447. The maximum Gasteiger partial charge on any atom is 0.245 e. The Kier molecular flexibility index (Phi) is 4.94. The van der Waals surface area contributed by atoms with Crippen LogP contribution in [0.2, 0.25) is 0 Å². The Morgan fingerprint density at radius 2 is 1.76 bits per heavy atom. The number of aromatic nitrogens is 1. The molecule has 0 spiro atoms. The van der Waals surface area contributed by atoms with Crippen molar-refractivity contribution in [2.75, 3.05) is 13.1 Å². The van der Waals surface area contributed by atoms with Gasteiger partial charge in [0.1, 0.15) is 6.04 Å². The average molecular weight is 452 g/mol. The van der Waals surface area contributed by atoms with Gasteiger partial charge < -0.3 is 14.8 Å². The highest BCUT2D eigenvalue weighted by molar-refractivity contribution is 5.94. The number of H-pyrrole nitrogens is 1. The first-order chi connectivity index (χ1) is 16.5. The summed E-state index contributed by atoms with van der Waals surface area (Å²) in [6, 6.07) is 22.0. The number of nitrogens with one attached hydrogen (secondary N) is 1. The highest BCUT2D eigenvalue weighted by Gasteiger charge is 2.48. The lowest BCUT2D eigenvalue weighted by Gasteiger charge is -2.49. The quantitative estimate of drug-likeness (QED) is 0.482. The number of rotatable bonds is 4. The number of hydrogen-bond donors (Lipinski definition) is 1. The van der Waals surface area contributed by atoms with E-state index in [2.05, 4.69) is 55.2 Å². The Bertz CT molecular complexity index is 1420. The number of carbonyl (C=O) groups excluding carboxylic acids is 2. The molecule has 172 valence electrons. The Labute approximate surface area is 199 Å². The molecule has 2 aliphatic heterocycles. The van der Waals surface area contributed by atoms with Gasteiger partial charge in [-0.1, -0.05) is 74.5 Å². The van der Waals surface area contributed by atoms with Gasteiger partial charge in [-0.15, -0.1) is 0 Å². The van der Waals surface area contributed by atoms with Crippen LogP contribution in [-0.2, 0) is 22.4 Å². The number of aromatic amines is 1. The van der Waals surface area contributed by atoms with Crippen molar-refractivity contribution >= 4 is 33.5 Å². The third kappa shape index (κ3) is 3.38. The number of hydrogen-bond acceptors (Lipinski definition) is 2. The second-order valence-corrected chi connectivity index (χ2v) is 10.1. The van der Waals surface area contributed by atoms with Crippen molar-refractivity contribution in [3.05, 3.63) is 83.6 Å². The predicted molar refractivity (Wildman–Crippen MR) is 134 cm³/mol. The topological polar surface area (TPSA) is 56.4 Å². The maximum absolute atomic E-state index is 13.8. The number of para-hydroxylation sites is 1. The van der Waals surface area contributed by atoms with E-state index in [4.69, 9.17) is 0 Å². The van der Waals surface area contributed by atoms with E-state index in [1.165, 1.54) is 10.9 Å². The van der Waals surface area contributed by atoms with Gasteiger partial charge >= 0.3 is 0 Å². The molecule has 1 aromatic heterocycles. The number of nitrogens with zero attached hydrogens (tertiary/aromatic N) is 2. The van der Waals surface area contributed by atoms with Gasteiger partial charge in [0.05, 0.1) is 12.5 Å². The van der Waals surface area contributed by atoms with Crippen LogP contribution in [-0.4, -0.2) is 45.7 Å². The summed E-state index contributed by atoms with van der Waals surface area (Å²) in [4.78, 5) is 34.8. The van der Waals surface area contributed by atoms with Crippen LogP contribution >= 0.6 is 0 Å². The number of piperazine rings is 1. The molecule has 34 heavy (non-hydrogen) atoms. The molecule has 0 radical (unpaired) electrons. The molecule has 1 fully saturated rings. The van der Waals surface area contributed by atoms with Gasteiger partial charge in [-0.05, 0) is 33.9 Å². The predicted octanol–water partition coefficient (Wildman–Crippen LogP) is 4.86. The van der Waals surface area contributed by atoms with Gasteiger partial charge in [0.25, 0.3) is 0 Å². The smallest absolute Gasteiger partial charge is 0.245 e. The zero-order valence-electron chi connectivity index (χ0n) is 19.6. The fourth-order valence-electron chi connectivity index (χ4n) is 5.84. The standard InChI is InChI=1S/C29H29N3O2/c1-18(2)16-31-17-26-28-23(22-9-5-6-10-24(22)30-28)15-25(29(31)34)32(26)27(33)14-19-11-12-20-7-3-4-8-21(20)13-19/h3-13,18,25-26,30H,14-17H2,1-2H3/t25?,26-/m1/s1. The third-order valence-electron chi connectivity index (χ3n) is 7.28. The lowest BCUT2D eigenvalue weighted by atomic mass is 9.86. The Balaban J connectivity index is 1.38. The van der Waals surface area contributed by atoms with Gasteiger partial charge in [-0.2, -0.15) is 0 Å². The van der Waals surface area contributed by atoms with E-state index in [9.17, 15) is 9.59 Å². The first-order valence-corrected chi connectivity index (χ1v) is 12.2. The molecular formula is C29H29N3O2. The molecule has 5 heteroatoms. The first kappa shape index (κ1) is 21.0. The first-order valence-electron chi connectivity index (χ1n) is 12.2. The molecule has 2 aliphatic rings. The molecule has 1 unspecified atom stereocenters. The molecule has 2 amide bonds. The molecule has 1 N–H and O–H groups in total. The molecule has 3 heterocycles. The molecule has 2 bridgehead atoms. The van der Waals surface area contributed by atoms with E-state index >= 15 is 0 Å². The van der Waals surface area contributed by atoms with E-state index in [0.29, 0.717) is 31.8 Å². The van der Waals surface area contributed by atoms with Crippen LogP contribution in [0.4, 0.5) is 0 Å². The maximum atomic E-state index is 13.8. The molecule has 2 atom stereocenters. The molecule has 4 aromatic rings. The van der Waals surface area contributed by atoms with Crippen LogP contribution in [0.15, 0.2) is 66.7 Å². The van der Waals surface area contributed by atoms with Crippen LogP contribution < -0.4 is 0 Å². The van der Waals surface area contributed by atoms with Crippen LogP contribution in [0.1, 0.15) is 36.7 Å². The number of amides is 2. The van der Waals surface area contributed by atoms with Gasteiger partial charge in [0, 0.05) is 36.1 Å². The highest BCUT2D eigenvalue weighted by atomic mass is 16.2. The number of carbonyl (C=O) groups is 2. The molecule has 5 nitrogen and oxygen atoms in total. The minimum Gasteiger partial charge on any atom is -0.356 e. The molecular weight excluding hydrogens is 422 g/mol. The van der Waals surface area contributed by atoms with E-state index in [1.54, 1.807) is 0 Å². The zero-order chi connectivity index (χ0) is 23.4. The summed E-state index contributed by atoms with van der Waals surface area (Å²) in [6.45, 7) is 5.52. The van der Waals surface area contributed by atoms with Crippen molar-refractivity contribution in [1.29, 1.82) is 0 Å². The lowest BCUT2D eigenvalue weighted by Crippen LogP contribution is -2.63. The van der Waals surface area contributed by atoms with Gasteiger partial charge in [0.15, 0.2) is 0 Å². The van der Waals surface area contributed by atoms with E-state index in [0.717, 1.165) is 27.5 Å². The van der Waals surface area contributed by atoms with Gasteiger partial charge in [-0.25, -0.2) is 0 Å². The molecule has 3 aromatic carbocycles. The largest absolute Gasteiger partial charge is 0.356 e. The highest BCUT2D eigenvalue weighted by Crippen LogP contribution is 2.41.